The van der Waals surface area contributed by atoms with E-state index in [9.17, 15) is 9.59 Å². The summed E-state index contributed by atoms with van der Waals surface area (Å²) in [5.41, 5.74) is 1.22. The second kappa shape index (κ2) is 10.0. The lowest BCUT2D eigenvalue weighted by atomic mass is 10.2. The zero-order valence-corrected chi connectivity index (χ0v) is 15.0. The Kier molecular flexibility index (Phi) is 7.73. The van der Waals surface area contributed by atoms with Gasteiger partial charge in [0.05, 0.1) is 19.6 Å². The lowest BCUT2D eigenvalue weighted by Gasteiger charge is -2.25. The van der Waals surface area contributed by atoms with Crippen molar-refractivity contribution in [3.8, 4) is 5.75 Å². The van der Waals surface area contributed by atoms with E-state index in [4.69, 9.17) is 9.47 Å². The van der Waals surface area contributed by atoms with Gasteiger partial charge in [0.15, 0.2) is 6.61 Å². The van der Waals surface area contributed by atoms with Crippen LogP contribution in [0.4, 0.5) is 0 Å². The van der Waals surface area contributed by atoms with Gasteiger partial charge in [0, 0.05) is 19.7 Å². The first-order chi connectivity index (χ1) is 12.1. The van der Waals surface area contributed by atoms with E-state index in [0.29, 0.717) is 18.8 Å². The molecule has 0 aliphatic carbocycles. The Bertz CT molecular complexity index is 551. The summed E-state index contributed by atoms with van der Waals surface area (Å²) < 4.78 is 15.9. The number of benzene rings is 1. The van der Waals surface area contributed by atoms with E-state index in [0.717, 1.165) is 25.9 Å². The Labute approximate surface area is 149 Å². The van der Waals surface area contributed by atoms with Crippen LogP contribution in [0.2, 0.25) is 0 Å². The van der Waals surface area contributed by atoms with Crippen LogP contribution in [-0.4, -0.2) is 56.3 Å². The van der Waals surface area contributed by atoms with E-state index in [2.05, 4.69) is 11.7 Å². The van der Waals surface area contributed by atoms with Crippen LogP contribution in [0.1, 0.15) is 31.7 Å². The van der Waals surface area contributed by atoms with Crippen molar-refractivity contribution in [1.82, 2.24) is 4.90 Å². The quantitative estimate of drug-likeness (QED) is 0.640. The van der Waals surface area contributed by atoms with Crippen molar-refractivity contribution in [3.05, 3.63) is 29.8 Å². The summed E-state index contributed by atoms with van der Waals surface area (Å²) in [5.74, 6) is 0.177. The average Bonchev–Trinajstić information content (AvgIpc) is 3.16. The summed E-state index contributed by atoms with van der Waals surface area (Å²) in [4.78, 5) is 25.5. The summed E-state index contributed by atoms with van der Waals surface area (Å²) in [6, 6.07) is 7.71. The van der Waals surface area contributed by atoms with Crippen molar-refractivity contribution in [3.63, 3.8) is 0 Å². The molecular weight excluding hydrogens is 322 g/mol. The lowest BCUT2D eigenvalue weighted by Crippen LogP contribution is -2.41. The summed E-state index contributed by atoms with van der Waals surface area (Å²) in [7, 11) is 1.34. The van der Waals surface area contributed by atoms with Crippen LogP contribution < -0.4 is 4.74 Å². The van der Waals surface area contributed by atoms with Gasteiger partial charge in [-0.15, -0.1) is 0 Å². The third-order valence-electron chi connectivity index (χ3n) is 4.31. The molecule has 25 heavy (non-hydrogen) atoms. The Morgan fingerprint density at radius 3 is 2.64 bits per heavy atom. The SMILES string of the molecule is CCc1ccc(OCC(=O)N(CCC(=O)OC)CC2CCCO2)cc1. The molecule has 1 atom stereocenters. The summed E-state index contributed by atoms with van der Waals surface area (Å²) in [6.45, 7) is 3.55. The minimum absolute atomic E-state index is 0.0328. The third-order valence-corrected chi connectivity index (χ3v) is 4.31. The zero-order valence-electron chi connectivity index (χ0n) is 15.0. The van der Waals surface area contributed by atoms with E-state index in [1.807, 2.05) is 24.3 Å². The van der Waals surface area contributed by atoms with Gasteiger partial charge in [0.2, 0.25) is 0 Å². The highest BCUT2D eigenvalue weighted by Crippen LogP contribution is 2.15. The summed E-state index contributed by atoms with van der Waals surface area (Å²) in [5, 5.41) is 0. The molecule has 0 bridgehead atoms. The van der Waals surface area contributed by atoms with Gasteiger partial charge in [-0.25, -0.2) is 0 Å². The van der Waals surface area contributed by atoms with Crippen LogP contribution >= 0.6 is 0 Å². The van der Waals surface area contributed by atoms with Gasteiger partial charge < -0.3 is 19.1 Å². The molecule has 1 heterocycles. The molecule has 0 spiro atoms. The van der Waals surface area contributed by atoms with Crippen LogP contribution in [0.3, 0.4) is 0 Å². The Morgan fingerprint density at radius 1 is 1.28 bits per heavy atom. The predicted octanol–water partition coefficient (Wildman–Crippen LogP) is 2.20. The van der Waals surface area contributed by atoms with Crippen LogP contribution in [0.15, 0.2) is 24.3 Å². The van der Waals surface area contributed by atoms with Gasteiger partial charge in [-0.05, 0) is 37.0 Å². The lowest BCUT2D eigenvalue weighted by molar-refractivity contribution is -0.142. The molecule has 1 unspecified atom stereocenters. The standard InChI is InChI=1S/C19H27NO5/c1-3-15-6-8-16(9-7-15)25-14-18(21)20(11-10-19(22)23-2)13-17-5-4-12-24-17/h6-9,17H,3-5,10-14H2,1-2H3. The normalized spacial score (nSPS) is 16.5. The highest BCUT2D eigenvalue weighted by molar-refractivity contribution is 5.78. The van der Waals surface area contributed by atoms with Gasteiger partial charge in [0.25, 0.3) is 5.91 Å². The van der Waals surface area contributed by atoms with Gasteiger partial charge >= 0.3 is 5.97 Å². The van der Waals surface area contributed by atoms with Gasteiger partial charge in [-0.1, -0.05) is 19.1 Å². The highest BCUT2D eigenvalue weighted by atomic mass is 16.5. The number of amides is 1. The molecule has 1 aliphatic rings. The molecule has 2 rings (SSSR count). The Hall–Kier alpha value is -2.08. The van der Waals surface area contributed by atoms with Crippen molar-refractivity contribution in [2.45, 2.75) is 38.7 Å². The van der Waals surface area contributed by atoms with E-state index in [1.165, 1.54) is 12.7 Å². The van der Waals surface area contributed by atoms with Crippen LogP contribution in [0.5, 0.6) is 5.75 Å². The molecule has 6 nitrogen and oxygen atoms in total. The Morgan fingerprint density at radius 2 is 2.04 bits per heavy atom. The van der Waals surface area contributed by atoms with E-state index < -0.39 is 0 Å². The minimum atomic E-state index is -0.332. The van der Waals surface area contributed by atoms with Crippen molar-refractivity contribution in [1.29, 1.82) is 0 Å². The molecular formula is C19H27NO5. The number of esters is 1. The fraction of sp³-hybridized carbons (Fsp3) is 0.579. The third kappa shape index (κ3) is 6.38. The number of rotatable bonds is 9. The van der Waals surface area contributed by atoms with Crippen molar-refractivity contribution in [2.75, 3.05) is 33.4 Å². The van der Waals surface area contributed by atoms with Gasteiger partial charge in [-0.3, -0.25) is 9.59 Å². The molecule has 138 valence electrons. The summed E-state index contributed by atoms with van der Waals surface area (Å²) in [6.07, 6.45) is 3.10. The van der Waals surface area contributed by atoms with Crippen molar-refractivity contribution < 1.29 is 23.8 Å². The van der Waals surface area contributed by atoms with E-state index in [1.54, 1.807) is 4.90 Å². The van der Waals surface area contributed by atoms with E-state index >= 15 is 0 Å². The maximum atomic E-state index is 12.5. The maximum Gasteiger partial charge on any atom is 0.307 e. The molecule has 1 amide bonds. The fourth-order valence-corrected chi connectivity index (χ4v) is 2.74. The minimum Gasteiger partial charge on any atom is -0.484 e. The zero-order chi connectivity index (χ0) is 18.1. The number of methoxy groups -OCH3 is 1. The highest BCUT2D eigenvalue weighted by Gasteiger charge is 2.23. The molecule has 1 fully saturated rings. The van der Waals surface area contributed by atoms with Gasteiger partial charge in [0.1, 0.15) is 5.75 Å². The maximum absolute atomic E-state index is 12.5. The fourth-order valence-electron chi connectivity index (χ4n) is 2.74. The molecule has 1 saturated heterocycles. The molecule has 0 N–H and O–H groups in total. The molecule has 0 radical (unpaired) electrons. The van der Waals surface area contributed by atoms with Crippen molar-refractivity contribution >= 4 is 11.9 Å². The first-order valence-corrected chi connectivity index (χ1v) is 8.80. The predicted molar refractivity (Wildman–Crippen MR) is 93.5 cm³/mol. The Balaban J connectivity index is 1.88. The number of carbonyl (C=O) groups excluding carboxylic acids is 2. The average molecular weight is 349 g/mol. The molecule has 6 heteroatoms. The number of aryl methyl sites for hydroxylation is 1. The van der Waals surface area contributed by atoms with Crippen LogP contribution in [0.25, 0.3) is 0 Å². The molecule has 1 aromatic rings. The monoisotopic (exact) mass is 349 g/mol. The van der Waals surface area contributed by atoms with Gasteiger partial charge in [-0.2, -0.15) is 0 Å². The molecule has 1 aromatic carbocycles. The summed E-state index contributed by atoms with van der Waals surface area (Å²) >= 11 is 0. The first-order valence-electron chi connectivity index (χ1n) is 8.80. The topological polar surface area (TPSA) is 65.1 Å². The van der Waals surface area contributed by atoms with E-state index in [-0.39, 0.29) is 31.0 Å². The van der Waals surface area contributed by atoms with Crippen molar-refractivity contribution in [2.24, 2.45) is 0 Å². The number of nitrogens with zero attached hydrogens (tertiary/aromatic N) is 1. The second-order valence-electron chi connectivity index (χ2n) is 6.09. The second-order valence-corrected chi connectivity index (χ2v) is 6.09. The van der Waals surface area contributed by atoms with Crippen LogP contribution in [-0.2, 0) is 25.5 Å². The first kappa shape index (κ1) is 19.2. The number of ether oxygens (including phenoxy) is 3. The molecule has 0 saturated carbocycles. The molecule has 1 aliphatic heterocycles. The largest absolute Gasteiger partial charge is 0.484 e. The van der Waals surface area contributed by atoms with Crippen LogP contribution in [0, 0.1) is 0 Å². The smallest absolute Gasteiger partial charge is 0.307 e. The molecule has 0 aromatic heterocycles. The number of carbonyl (C=O) groups is 2. The number of hydrogen-bond acceptors (Lipinski definition) is 5. The number of hydrogen-bond donors (Lipinski definition) is 0.